The van der Waals surface area contributed by atoms with Gasteiger partial charge in [-0.2, -0.15) is 0 Å². The highest BCUT2D eigenvalue weighted by Gasteiger charge is 2.33. The van der Waals surface area contributed by atoms with Gasteiger partial charge in [0.15, 0.2) is 5.96 Å². The van der Waals surface area contributed by atoms with E-state index in [2.05, 4.69) is 43.3 Å². The van der Waals surface area contributed by atoms with Crippen molar-refractivity contribution in [3.63, 3.8) is 0 Å². The van der Waals surface area contributed by atoms with Gasteiger partial charge < -0.3 is 15.4 Å². The lowest BCUT2D eigenvalue weighted by atomic mass is 9.89. The predicted octanol–water partition coefficient (Wildman–Crippen LogP) is 1.62. The molecule has 4 nitrogen and oxygen atoms in total. The van der Waals surface area contributed by atoms with Crippen LogP contribution in [0.2, 0.25) is 0 Å². The lowest BCUT2D eigenvalue weighted by Gasteiger charge is -2.36. The molecule has 17 heavy (non-hydrogen) atoms. The molecular formula is C13H27N3O. The monoisotopic (exact) mass is 241 g/mol. The Hall–Kier alpha value is -0.770. The van der Waals surface area contributed by atoms with E-state index in [4.69, 9.17) is 4.74 Å². The normalized spacial score (nSPS) is 19.0. The molecule has 4 heteroatoms. The van der Waals surface area contributed by atoms with Crippen LogP contribution < -0.4 is 10.6 Å². The summed E-state index contributed by atoms with van der Waals surface area (Å²) in [6, 6.07) is 0. The first-order chi connectivity index (χ1) is 8.06. The van der Waals surface area contributed by atoms with E-state index in [1.807, 2.05) is 0 Å². The van der Waals surface area contributed by atoms with Crippen molar-refractivity contribution in [3.8, 4) is 0 Å². The highest BCUT2D eigenvalue weighted by atomic mass is 16.5. The zero-order valence-electron chi connectivity index (χ0n) is 11.7. The Morgan fingerprint density at radius 3 is 2.53 bits per heavy atom. The van der Waals surface area contributed by atoms with Gasteiger partial charge in [-0.25, -0.2) is 0 Å². The molecule has 2 N–H and O–H groups in total. The van der Waals surface area contributed by atoms with Gasteiger partial charge in [-0.1, -0.05) is 20.8 Å². The summed E-state index contributed by atoms with van der Waals surface area (Å²) < 4.78 is 5.23. The summed E-state index contributed by atoms with van der Waals surface area (Å²) in [6.45, 7) is 13.2. The van der Waals surface area contributed by atoms with Crippen molar-refractivity contribution in [2.24, 2.45) is 16.3 Å². The van der Waals surface area contributed by atoms with Crippen molar-refractivity contribution >= 4 is 5.96 Å². The minimum atomic E-state index is 0.250. The molecule has 100 valence electrons. The molecule has 0 aromatic heterocycles. The molecule has 0 unspecified atom stereocenters. The van der Waals surface area contributed by atoms with Crippen LogP contribution in [0.15, 0.2) is 4.99 Å². The van der Waals surface area contributed by atoms with Gasteiger partial charge in [-0.05, 0) is 19.3 Å². The fourth-order valence-corrected chi connectivity index (χ4v) is 1.63. The Bertz CT molecular complexity index is 247. The average molecular weight is 241 g/mol. The molecule has 1 aliphatic heterocycles. The van der Waals surface area contributed by atoms with E-state index in [-0.39, 0.29) is 5.41 Å². The fraction of sp³-hybridized carbons (Fsp3) is 0.923. The zero-order valence-corrected chi connectivity index (χ0v) is 11.7. The maximum Gasteiger partial charge on any atom is 0.191 e. The van der Waals surface area contributed by atoms with Crippen molar-refractivity contribution in [2.75, 3.05) is 32.8 Å². The Balaban J connectivity index is 2.32. The Labute approximate surface area is 105 Å². The highest BCUT2D eigenvalue weighted by molar-refractivity contribution is 5.79. The van der Waals surface area contributed by atoms with E-state index >= 15 is 0 Å². The molecule has 1 aliphatic rings. The molecule has 0 radical (unpaired) electrons. The smallest absolute Gasteiger partial charge is 0.191 e. The highest BCUT2D eigenvalue weighted by Crippen LogP contribution is 2.26. The van der Waals surface area contributed by atoms with E-state index in [1.165, 1.54) is 6.42 Å². The van der Waals surface area contributed by atoms with Gasteiger partial charge in [0, 0.05) is 18.5 Å². The van der Waals surface area contributed by atoms with E-state index in [9.17, 15) is 0 Å². The molecule has 0 aromatic carbocycles. The third-order valence-corrected chi connectivity index (χ3v) is 2.88. The number of guanidine groups is 1. The van der Waals surface area contributed by atoms with Gasteiger partial charge in [0.2, 0.25) is 0 Å². The first kappa shape index (κ1) is 14.3. The van der Waals surface area contributed by atoms with Crippen molar-refractivity contribution < 1.29 is 4.74 Å². The first-order valence-corrected chi connectivity index (χ1v) is 6.66. The van der Waals surface area contributed by atoms with Crippen LogP contribution in [-0.4, -0.2) is 38.8 Å². The molecule has 0 bridgehead atoms. The molecule has 0 amide bonds. The van der Waals surface area contributed by atoms with E-state index in [1.54, 1.807) is 0 Å². The van der Waals surface area contributed by atoms with Crippen LogP contribution in [0, 0.1) is 11.3 Å². The van der Waals surface area contributed by atoms with Gasteiger partial charge >= 0.3 is 0 Å². The molecule has 1 heterocycles. The third kappa shape index (κ3) is 5.39. The molecule has 0 saturated carbocycles. The van der Waals surface area contributed by atoms with Gasteiger partial charge in [-0.3, -0.25) is 4.99 Å². The van der Waals surface area contributed by atoms with Crippen LogP contribution in [0.3, 0.4) is 0 Å². The average Bonchev–Trinajstić information content (AvgIpc) is 2.23. The number of nitrogens with zero attached hydrogens (tertiary/aromatic N) is 1. The second-order valence-corrected chi connectivity index (χ2v) is 5.61. The van der Waals surface area contributed by atoms with Crippen molar-refractivity contribution in [3.05, 3.63) is 0 Å². The van der Waals surface area contributed by atoms with Crippen LogP contribution in [0.5, 0.6) is 0 Å². The second kappa shape index (κ2) is 6.84. The Kier molecular flexibility index (Phi) is 5.75. The van der Waals surface area contributed by atoms with E-state index in [0.29, 0.717) is 0 Å². The number of aliphatic imine (C=N–C) groups is 1. The number of hydrogen-bond acceptors (Lipinski definition) is 2. The summed E-state index contributed by atoms with van der Waals surface area (Å²) in [7, 11) is 0. The molecule has 0 aromatic rings. The predicted molar refractivity (Wildman–Crippen MR) is 72.4 cm³/mol. The molecule has 0 spiro atoms. The van der Waals surface area contributed by atoms with E-state index in [0.717, 1.165) is 44.7 Å². The second-order valence-electron chi connectivity index (χ2n) is 5.61. The molecule has 0 atom stereocenters. The number of ether oxygens (including phenoxy) is 1. The molecule has 0 aliphatic carbocycles. The quantitative estimate of drug-likeness (QED) is 0.549. The SMILES string of the molecule is CCNC(=NCC1(C)COC1)NCCC(C)C. The number of rotatable bonds is 6. The number of nitrogens with one attached hydrogen (secondary N) is 2. The summed E-state index contributed by atoms with van der Waals surface area (Å²) >= 11 is 0. The van der Waals surface area contributed by atoms with Crippen molar-refractivity contribution in [2.45, 2.75) is 34.1 Å². The Morgan fingerprint density at radius 1 is 1.35 bits per heavy atom. The van der Waals surface area contributed by atoms with Gasteiger partial charge in [0.1, 0.15) is 0 Å². The Morgan fingerprint density at radius 2 is 2.06 bits per heavy atom. The minimum absolute atomic E-state index is 0.250. The van der Waals surface area contributed by atoms with Crippen molar-refractivity contribution in [1.82, 2.24) is 10.6 Å². The zero-order chi connectivity index (χ0) is 12.7. The maximum absolute atomic E-state index is 5.23. The lowest BCUT2D eigenvalue weighted by molar-refractivity contribution is -0.0945. The minimum Gasteiger partial charge on any atom is -0.380 e. The lowest BCUT2D eigenvalue weighted by Crippen LogP contribution is -2.44. The van der Waals surface area contributed by atoms with Crippen LogP contribution in [0.4, 0.5) is 0 Å². The van der Waals surface area contributed by atoms with Gasteiger partial charge in [0.25, 0.3) is 0 Å². The van der Waals surface area contributed by atoms with E-state index < -0.39 is 0 Å². The molecule has 1 saturated heterocycles. The molecular weight excluding hydrogens is 214 g/mol. The standard InChI is InChI=1S/C13H27N3O/c1-5-14-12(15-7-6-11(2)3)16-8-13(4)9-17-10-13/h11H,5-10H2,1-4H3,(H2,14,15,16). The van der Waals surface area contributed by atoms with Gasteiger partial charge in [-0.15, -0.1) is 0 Å². The summed E-state index contributed by atoms with van der Waals surface area (Å²) in [5.41, 5.74) is 0.250. The summed E-state index contributed by atoms with van der Waals surface area (Å²) in [6.07, 6.45) is 1.17. The first-order valence-electron chi connectivity index (χ1n) is 6.66. The topological polar surface area (TPSA) is 45.7 Å². The summed E-state index contributed by atoms with van der Waals surface area (Å²) in [5, 5.41) is 6.65. The van der Waals surface area contributed by atoms with Crippen LogP contribution in [0.1, 0.15) is 34.1 Å². The van der Waals surface area contributed by atoms with Crippen LogP contribution >= 0.6 is 0 Å². The van der Waals surface area contributed by atoms with Crippen LogP contribution in [-0.2, 0) is 4.74 Å². The molecule has 1 rings (SSSR count). The number of hydrogen-bond donors (Lipinski definition) is 2. The fourth-order valence-electron chi connectivity index (χ4n) is 1.63. The third-order valence-electron chi connectivity index (χ3n) is 2.88. The van der Waals surface area contributed by atoms with Crippen LogP contribution in [0.25, 0.3) is 0 Å². The largest absolute Gasteiger partial charge is 0.380 e. The summed E-state index contributed by atoms with van der Waals surface area (Å²) in [4.78, 5) is 4.62. The van der Waals surface area contributed by atoms with Gasteiger partial charge in [0.05, 0.1) is 19.8 Å². The molecule has 1 fully saturated rings. The van der Waals surface area contributed by atoms with Crippen molar-refractivity contribution in [1.29, 1.82) is 0 Å². The summed E-state index contributed by atoms with van der Waals surface area (Å²) in [5.74, 6) is 1.66. The maximum atomic E-state index is 5.23.